The molecule has 0 aromatic rings. The number of hydrogen-bond donors (Lipinski definition) is 0. The Labute approximate surface area is 125 Å². The summed E-state index contributed by atoms with van der Waals surface area (Å²) in [6, 6.07) is 0. The number of halogens is 2. The van der Waals surface area contributed by atoms with Crippen molar-refractivity contribution < 1.29 is 34.9 Å². The van der Waals surface area contributed by atoms with Gasteiger partial charge in [-0.05, 0) is 0 Å². The summed E-state index contributed by atoms with van der Waals surface area (Å²) in [6.07, 6.45) is 1.55. The summed E-state index contributed by atoms with van der Waals surface area (Å²) < 4.78 is 19.2. The molecular formula is C8H22Cl2O4P2Pd. The Kier molecular flexibility index (Phi) is 32.6. The number of hydrogen-bond acceptors (Lipinski definition) is 4. The zero-order valence-electron chi connectivity index (χ0n) is 10.4. The summed E-state index contributed by atoms with van der Waals surface area (Å²) in [4.78, 5) is 0. The molecule has 0 bridgehead atoms. The van der Waals surface area contributed by atoms with E-state index in [2.05, 4.69) is 18.5 Å². The Balaban J connectivity index is -0.000000188. The zero-order valence-corrected chi connectivity index (χ0v) is 15.8. The first kappa shape index (κ1) is 24.0. The van der Waals surface area contributed by atoms with Gasteiger partial charge < -0.3 is 18.9 Å². The summed E-state index contributed by atoms with van der Waals surface area (Å²) in [6.45, 7) is 0. The van der Waals surface area contributed by atoms with Crippen LogP contribution in [-0.2, 0) is 34.9 Å². The molecule has 0 aliphatic rings. The molecule has 0 aromatic heterocycles. The Morgan fingerprint density at radius 2 is 1.00 bits per heavy atom. The van der Waals surface area contributed by atoms with E-state index in [-0.39, 0.29) is 28.5 Å². The molecule has 2 atom stereocenters. The van der Waals surface area contributed by atoms with Crippen LogP contribution in [0, 0.1) is 0 Å². The SMILES string of the molecule is COC(CP)OC.COC(CP)OC.[Cl][Pd][Cl]. The molecule has 0 saturated heterocycles. The van der Waals surface area contributed by atoms with Gasteiger partial charge in [-0.2, -0.15) is 0 Å². The topological polar surface area (TPSA) is 36.9 Å². The minimum absolute atomic E-state index is 0.0509. The normalized spacial score (nSPS) is 9.76. The van der Waals surface area contributed by atoms with Crippen molar-refractivity contribution in [2.75, 3.05) is 40.8 Å². The molecule has 112 valence electrons. The first-order valence-electron chi connectivity index (χ1n) is 4.45. The molecule has 0 saturated carbocycles. The standard InChI is InChI=1S/2C4H11O2P.2ClH.Pd/c2*1-5-4(3-7)6-2;;;/h2*4H,3,7H2,1-2H3;2*1H;/q;;;;+2/p-2. The second-order valence-corrected chi connectivity index (χ2v) is 5.62. The van der Waals surface area contributed by atoms with E-state index in [1.807, 2.05) is 0 Å². The Hall–Kier alpha value is 1.94. The van der Waals surface area contributed by atoms with Crippen LogP contribution in [0.3, 0.4) is 0 Å². The third-order valence-electron chi connectivity index (χ3n) is 1.44. The van der Waals surface area contributed by atoms with Crippen molar-refractivity contribution in [3.05, 3.63) is 0 Å². The molecular weight excluding hydrogens is 399 g/mol. The van der Waals surface area contributed by atoms with Crippen LogP contribution in [0.5, 0.6) is 0 Å². The Bertz CT molecular complexity index is 98.7. The zero-order chi connectivity index (χ0) is 14.1. The molecule has 0 fully saturated rings. The van der Waals surface area contributed by atoms with E-state index in [9.17, 15) is 0 Å². The van der Waals surface area contributed by atoms with Crippen molar-refractivity contribution >= 4 is 37.5 Å². The van der Waals surface area contributed by atoms with Crippen molar-refractivity contribution in [3.63, 3.8) is 0 Å². The van der Waals surface area contributed by atoms with Gasteiger partial charge in [-0.3, -0.25) is 0 Å². The van der Waals surface area contributed by atoms with Crippen LogP contribution >= 0.6 is 37.5 Å². The molecule has 9 heteroatoms. The van der Waals surface area contributed by atoms with Crippen molar-refractivity contribution in [1.29, 1.82) is 0 Å². The average Bonchev–Trinajstić information content (AvgIpc) is 2.35. The van der Waals surface area contributed by atoms with Crippen LogP contribution in [0.1, 0.15) is 0 Å². The van der Waals surface area contributed by atoms with Crippen molar-refractivity contribution in [3.8, 4) is 0 Å². The molecule has 0 aliphatic carbocycles. The van der Waals surface area contributed by atoms with Gasteiger partial charge in [0.1, 0.15) is 0 Å². The van der Waals surface area contributed by atoms with Gasteiger partial charge in [-0.1, -0.05) is 0 Å². The minimum atomic E-state index is -0.106. The molecule has 0 heterocycles. The average molecular weight is 422 g/mol. The van der Waals surface area contributed by atoms with Gasteiger partial charge in [0.15, 0.2) is 12.6 Å². The summed E-state index contributed by atoms with van der Waals surface area (Å²) in [5.41, 5.74) is 0. The molecule has 17 heavy (non-hydrogen) atoms. The van der Waals surface area contributed by atoms with Gasteiger partial charge in [0.2, 0.25) is 0 Å². The predicted octanol–water partition coefficient (Wildman–Crippen LogP) is 2.34. The fourth-order valence-electron chi connectivity index (χ4n) is 0.577. The van der Waals surface area contributed by atoms with E-state index < -0.39 is 0 Å². The molecule has 0 radical (unpaired) electrons. The van der Waals surface area contributed by atoms with Gasteiger partial charge in [-0.15, -0.1) is 18.5 Å². The molecule has 0 amide bonds. The van der Waals surface area contributed by atoms with E-state index in [1.54, 1.807) is 28.4 Å². The summed E-state index contributed by atoms with van der Waals surface area (Å²) in [5.74, 6) is 0. The number of methoxy groups -OCH3 is 4. The van der Waals surface area contributed by atoms with E-state index in [1.165, 1.54) is 0 Å². The van der Waals surface area contributed by atoms with Crippen LogP contribution in [0.15, 0.2) is 0 Å². The quantitative estimate of drug-likeness (QED) is 0.375. The van der Waals surface area contributed by atoms with E-state index in [4.69, 9.17) is 38.0 Å². The molecule has 0 aromatic carbocycles. The summed E-state index contributed by atoms with van der Waals surface area (Å²) in [5, 5.41) is 0. The van der Waals surface area contributed by atoms with Crippen LogP contribution in [0.25, 0.3) is 0 Å². The fraction of sp³-hybridized carbons (Fsp3) is 1.00. The van der Waals surface area contributed by atoms with E-state index >= 15 is 0 Å². The molecule has 0 rings (SSSR count). The van der Waals surface area contributed by atoms with Gasteiger partial charge in [0.05, 0.1) is 0 Å². The summed E-state index contributed by atoms with van der Waals surface area (Å²) >= 11 is -0.106. The number of rotatable bonds is 6. The second-order valence-electron chi connectivity index (χ2n) is 2.32. The van der Waals surface area contributed by atoms with Gasteiger partial charge in [0, 0.05) is 40.8 Å². The molecule has 2 unspecified atom stereocenters. The third kappa shape index (κ3) is 23.5. The van der Waals surface area contributed by atoms with Crippen molar-refractivity contribution in [2.24, 2.45) is 0 Å². The Morgan fingerprint density at radius 3 is 1.00 bits per heavy atom. The number of ether oxygens (including phenoxy) is 4. The van der Waals surface area contributed by atoms with E-state index in [0.29, 0.717) is 0 Å². The van der Waals surface area contributed by atoms with Crippen LogP contribution in [-0.4, -0.2) is 53.3 Å². The van der Waals surface area contributed by atoms with Gasteiger partial charge in [0.25, 0.3) is 0 Å². The van der Waals surface area contributed by atoms with Crippen LogP contribution in [0.2, 0.25) is 0 Å². The second kappa shape index (κ2) is 23.1. The van der Waals surface area contributed by atoms with E-state index in [0.717, 1.165) is 12.3 Å². The Morgan fingerprint density at radius 1 is 0.824 bits per heavy atom. The van der Waals surface area contributed by atoms with Crippen LogP contribution in [0.4, 0.5) is 0 Å². The predicted molar refractivity (Wildman–Crippen MR) is 76.5 cm³/mol. The maximum absolute atomic E-state index is 4.81. The van der Waals surface area contributed by atoms with Gasteiger partial charge in [-0.25, -0.2) is 0 Å². The first-order chi connectivity index (χ1) is 8.11. The molecule has 0 aliphatic heterocycles. The fourth-order valence-corrected chi connectivity index (χ4v) is 1.35. The molecule has 4 nitrogen and oxygen atoms in total. The first-order valence-corrected chi connectivity index (χ1v) is 10.1. The van der Waals surface area contributed by atoms with Gasteiger partial charge >= 0.3 is 35.0 Å². The van der Waals surface area contributed by atoms with Crippen molar-refractivity contribution in [1.82, 2.24) is 0 Å². The van der Waals surface area contributed by atoms with Crippen molar-refractivity contribution in [2.45, 2.75) is 12.6 Å². The third-order valence-corrected chi connectivity index (χ3v) is 2.21. The van der Waals surface area contributed by atoms with Crippen LogP contribution < -0.4 is 0 Å². The summed E-state index contributed by atoms with van der Waals surface area (Å²) in [7, 11) is 21.2. The molecule has 0 N–H and O–H groups in total. The molecule has 0 spiro atoms. The monoisotopic (exact) mass is 420 g/mol. The maximum atomic E-state index is 4.81.